The van der Waals surface area contributed by atoms with E-state index in [0.717, 1.165) is 20.1 Å². The number of carbonyl (C=O) groups is 1. The van der Waals surface area contributed by atoms with Crippen molar-refractivity contribution in [1.29, 1.82) is 0 Å². The second-order valence-electron chi connectivity index (χ2n) is 6.52. The van der Waals surface area contributed by atoms with Crippen LogP contribution in [0.2, 0.25) is 0 Å². The number of methoxy groups -OCH3 is 1. The SMILES string of the molecule is COc1cc(/C=N\NC(=O)c2cccc(Br)c2)cc(Br)c1OCc1ccc(C)cc1. The first kappa shape index (κ1) is 22.1. The Morgan fingerprint density at radius 2 is 1.87 bits per heavy atom. The van der Waals surface area contributed by atoms with Crippen molar-refractivity contribution in [3.63, 3.8) is 0 Å². The summed E-state index contributed by atoms with van der Waals surface area (Å²) in [5, 5.41) is 4.04. The lowest BCUT2D eigenvalue weighted by atomic mass is 10.2. The number of hydrazone groups is 1. The molecule has 0 aliphatic carbocycles. The molecule has 3 aromatic carbocycles. The van der Waals surface area contributed by atoms with Crippen LogP contribution in [0.15, 0.2) is 74.7 Å². The van der Waals surface area contributed by atoms with E-state index < -0.39 is 0 Å². The lowest BCUT2D eigenvalue weighted by Gasteiger charge is -2.13. The fraction of sp³-hybridized carbons (Fsp3) is 0.130. The number of nitrogens with zero attached hydrogens (tertiary/aromatic N) is 1. The van der Waals surface area contributed by atoms with Gasteiger partial charge >= 0.3 is 0 Å². The highest BCUT2D eigenvalue weighted by Gasteiger charge is 2.12. The van der Waals surface area contributed by atoms with Crippen LogP contribution < -0.4 is 14.9 Å². The maximum Gasteiger partial charge on any atom is 0.271 e. The molecular formula is C23H20Br2N2O3. The lowest BCUT2D eigenvalue weighted by Crippen LogP contribution is -2.17. The predicted octanol–water partition coefficient (Wildman–Crippen LogP) is 5.87. The molecule has 0 heterocycles. The molecule has 0 aliphatic heterocycles. The molecular weight excluding hydrogens is 512 g/mol. The normalized spacial score (nSPS) is 10.8. The average Bonchev–Trinajstić information content (AvgIpc) is 2.73. The Morgan fingerprint density at radius 3 is 2.57 bits per heavy atom. The van der Waals surface area contributed by atoms with E-state index in [2.05, 4.69) is 42.4 Å². The van der Waals surface area contributed by atoms with Crippen molar-refractivity contribution in [3.8, 4) is 11.5 Å². The maximum atomic E-state index is 12.2. The number of nitrogens with one attached hydrogen (secondary N) is 1. The first-order valence-electron chi connectivity index (χ1n) is 9.11. The first-order chi connectivity index (χ1) is 14.5. The van der Waals surface area contributed by atoms with Gasteiger partial charge in [-0.2, -0.15) is 5.10 Å². The molecule has 0 aliphatic rings. The Kier molecular flexibility index (Phi) is 7.65. The second-order valence-corrected chi connectivity index (χ2v) is 8.29. The molecule has 0 saturated heterocycles. The third kappa shape index (κ3) is 5.93. The van der Waals surface area contributed by atoms with E-state index in [0.29, 0.717) is 23.7 Å². The zero-order valence-corrected chi connectivity index (χ0v) is 19.7. The highest BCUT2D eigenvalue weighted by molar-refractivity contribution is 9.10. The van der Waals surface area contributed by atoms with Crippen LogP contribution in [-0.2, 0) is 6.61 Å². The number of hydrogen-bond donors (Lipinski definition) is 1. The Morgan fingerprint density at radius 1 is 1.10 bits per heavy atom. The molecule has 0 aromatic heterocycles. The van der Waals surface area contributed by atoms with Gasteiger partial charge in [-0.15, -0.1) is 0 Å². The van der Waals surface area contributed by atoms with Crippen molar-refractivity contribution < 1.29 is 14.3 Å². The molecule has 0 bridgehead atoms. The van der Waals surface area contributed by atoms with Gasteiger partial charge in [-0.1, -0.05) is 51.8 Å². The molecule has 0 spiro atoms. The number of aryl methyl sites for hydroxylation is 1. The molecule has 0 unspecified atom stereocenters. The van der Waals surface area contributed by atoms with Crippen molar-refractivity contribution in [2.24, 2.45) is 5.10 Å². The summed E-state index contributed by atoms with van der Waals surface area (Å²) < 4.78 is 13.0. The van der Waals surface area contributed by atoms with E-state index in [1.54, 1.807) is 37.6 Å². The molecule has 0 radical (unpaired) electrons. The van der Waals surface area contributed by atoms with Crippen molar-refractivity contribution in [1.82, 2.24) is 5.43 Å². The summed E-state index contributed by atoms with van der Waals surface area (Å²) in [5.41, 5.74) is 6.05. The van der Waals surface area contributed by atoms with Gasteiger partial charge in [0.1, 0.15) is 6.61 Å². The minimum absolute atomic E-state index is 0.295. The molecule has 1 N–H and O–H groups in total. The summed E-state index contributed by atoms with van der Waals surface area (Å²) in [7, 11) is 1.58. The van der Waals surface area contributed by atoms with E-state index in [9.17, 15) is 4.79 Å². The third-order valence-electron chi connectivity index (χ3n) is 4.22. The van der Waals surface area contributed by atoms with Crippen molar-refractivity contribution in [2.75, 3.05) is 7.11 Å². The number of benzene rings is 3. The molecule has 0 atom stereocenters. The fourth-order valence-electron chi connectivity index (χ4n) is 2.65. The quantitative estimate of drug-likeness (QED) is 0.306. The minimum Gasteiger partial charge on any atom is -0.493 e. The van der Waals surface area contributed by atoms with Gasteiger partial charge in [0.05, 0.1) is 17.8 Å². The summed E-state index contributed by atoms with van der Waals surface area (Å²) in [6.07, 6.45) is 1.55. The Bertz CT molecular complexity index is 1070. The molecule has 30 heavy (non-hydrogen) atoms. The zero-order valence-electron chi connectivity index (χ0n) is 16.5. The van der Waals surface area contributed by atoms with Gasteiger partial charge in [0.25, 0.3) is 5.91 Å². The van der Waals surface area contributed by atoms with Gasteiger partial charge in [0.15, 0.2) is 11.5 Å². The maximum absolute atomic E-state index is 12.2. The molecule has 0 saturated carbocycles. The number of amides is 1. The minimum atomic E-state index is -0.295. The van der Waals surface area contributed by atoms with E-state index in [1.807, 2.05) is 43.3 Å². The van der Waals surface area contributed by atoms with Gasteiger partial charge in [-0.25, -0.2) is 5.43 Å². The third-order valence-corrected chi connectivity index (χ3v) is 5.30. The topological polar surface area (TPSA) is 59.9 Å². The molecule has 1 amide bonds. The van der Waals surface area contributed by atoms with Crippen LogP contribution in [0.5, 0.6) is 11.5 Å². The van der Waals surface area contributed by atoms with Gasteiger partial charge in [-0.3, -0.25) is 4.79 Å². The first-order valence-corrected chi connectivity index (χ1v) is 10.7. The Hall–Kier alpha value is -2.64. The predicted molar refractivity (Wildman–Crippen MR) is 125 cm³/mol. The fourth-order valence-corrected chi connectivity index (χ4v) is 3.63. The van der Waals surface area contributed by atoms with E-state index in [-0.39, 0.29) is 5.91 Å². The molecule has 154 valence electrons. The monoisotopic (exact) mass is 530 g/mol. The lowest BCUT2D eigenvalue weighted by molar-refractivity contribution is 0.0955. The standard InChI is InChI=1S/C23H20Br2N2O3/c1-15-6-8-16(9-7-15)14-30-22-20(25)10-17(11-21(22)29-2)13-26-27-23(28)18-4-3-5-19(24)12-18/h3-13H,14H2,1-2H3,(H,27,28)/b26-13-. The van der Waals surface area contributed by atoms with Crippen LogP contribution in [-0.4, -0.2) is 19.2 Å². The number of halogens is 2. The van der Waals surface area contributed by atoms with Gasteiger partial charge in [0, 0.05) is 10.0 Å². The number of hydrogen-bond acceptors (Lipinski definition) is 4. The number of carbonyl (C=O) groups excluding carboxylic acids is 1. The highest BCUT2D eigenvalue weighted by atomic mass is 79.9. The molecule has 3 aromatic rings. The largest absolute Gasteiger partial charge is 0.493 e. The van der Waals surface area contributed by atoms with E-state index in [1.165, 1.54) is 5.56 Å². The van der Waals surface area contributed by atoms with Crippen LogP contribution in [0.4, 0.5) is 0 Å². The van der Waals surface area contributed by atoms with Gasteiger partial charge in [-0.05, 0) is 64.3 Å². The van der Waals surface area contributed by atoms with Crippen molar-refractivity contribution in [2.45, 2.75) is 13.5 Å². The van der Waals surface area contributed by atoms with Crippen LogP contribution in [0.25, 0.3) is 0 Å². The van der Waals surface area contributed by atoms with E-state index in [4.69, 9.17) is 9.47 Å². The van der Waals surface area contributed by atoms with E-state index >= 15 is 0 Å². The molecule has 7 heteroatoms. The van der Waals surface area contributed by atoms with Gasteiger partial charge < -0.3 is 9.47 Å². The van der Waals surface area contributed by atoms with Crippen LogP contribution >= 0.6 is 31.9 Å². The van der Waals surface area contributed by atoms with Crippen molar-refractivity contribution in [3.05, 3.63) is 91.9 Å². The van der Waals surface area contributed by atoms with Crippen LogP contribution in [0.1, 0.15) is 27.0 Å². The Labute approximate surface area is 192 Å². The summed E-state index contributed by atoms with van der Waals surface area (Å²) in [6, 6.07) is 18.9. The zero-order chi connectivity index (χ0) is 21.5. The Balaban J connectivity index is 1.69. The molecule has 5 nitrogen and oxygen atoms in total. The smallest absolute Gasteiger partial charge is 0.271 e. The number of rotatable bonds is 7. The molecule has 0 fully saturated rings. The average molecular weight is 532 g/mol. The highest BCUT2D eigenvalue weighted by Crippen LogP contribution is 2.36. The summed E-state index contributed by atoms with van der Waals surface area (Å²) in [6.45, 7) is 2.47. The van der Waals surface area contributed by atoms with Gasteiger partial charge in [0.2, 0.25) is 0 Å². The van der Waals surface area contributed by atoms with Crippen LogP contribution in [0, 0.1) is 6.92 Å². The second kappa shape index (κ2) is 10.4. The van der Waals surface area contributed by atoms with Crippen LogP contribution in [0.3, 0.4) is 0 Å². The number of ether oxygens (including phenoxy) is 2. The van der Waals surface area contributed by atoms with Crippen molar-refractivity contribution >= 4 is 44.0 Å². The summed E-state index contributed by atoms with van der Waals surface area (Å²) >= 11 is 6.88. The molecule has 3 rings (SSSR count). The summed E-state index contributed by atoms with van der Waals surface area (Å²) in [5.74, 6) is 0.876. The summed E-state index contributed by atoms with van der Waals surface area (Å²) in [4.78, 5) is 12.2.